The molecule has 5 nitrogen and oxygen atoms in total. The van der Waals surface area contributed by atoms with E-state index in [-0.39, 0.29) is 11.5 Å². The van der Waals surface area contributed by atoms with Crippen LogP contribution in [0.4, 0.5) is 0 Å². The van der Waals surface area contributed by atoms with Crippen LogP contribution >= 0.6 is 0 Å². The van der Waals surface area contributed by atoms with Gasteiger partial charge >= 0.3 is 11.9 Å². The summed E-state index contributed by atoms with van der Waals surface area (Å²) in [7, 11) is 0. The van der Waals surface area contributed by atoms with E-state index in [2.05, 4.69) is 0 Å². The Hall–Kier alpha value is -4.51. The van der Waals surface area contributed by atoms with Gasteiger partial charge in [-0.25, -0.2) is 9.59 Å². The molecule has 0 saturated heterocycles. The number of hydrogen-bond donors (Lipinski definition) is 0. The van der Waals surface area contributed by atoms with E-state index >= 15 is 0 Å². The third kappa shape index (κ3) is 5.34. The molecule has 0 N–H and O–H groups in total. The summed E-state index contributed by atoms with van der Waals surface area (Å²) in [5.41, 5.74) is 1.51. The van der Waals surface area contributed by atoms with Crippen molar-refractivity contribution >= 4 is 24.2 Å². The third-order valence-electron chi connectivity index (χ3n) is 4.58. The Morgan fingerprint density at radius 3 is 1.84 bits per heavy atom. The molecule has 1 aromatic heterocycles. The molecule has 0 saturated carbocycles. The second-order valence-electron chi connectivity index (χ2n) is 6.85. The maximum atomic E-state index is 12.6. The fraction of sp³-hybridized carbons (Fsp3) is 0. The number of esters is 2. The van der Waals surface area contributed by atoms with Gasteiger partial charge < -0.3 is 9.47 Å². The van der Waals surface area contributed by atoms with E-state index in [0.717, 1.165) is 0 Å². The number of nitrogens with zero attached hydrogens (tertiary/aromatic N) is 1. The van der Waals surface area contributed by atoms with E-state index in [1.165, 1.54) is 6.07 Å². The third-order valence-corrected chi connectivity index (χ3v) is 4.58. The van der Waals surface area contributed by atoms with E-state index in [4.69, 9.17) is 9.47 Å². The highest BCUT2D eigenvalue weighted by Crippen LogP contribution is 2.27. The lowest BCUT2D eigenvalue weighted by Crippen LogP contribution is -2.23. The number of ether oxygens (including phenoxy) is 2. The Balaban J connectivity index is 1.62. The fourth-order valence-electron chi connectivity index (χ4n) is 2.96. The van der Waals surface area contributed by atoms with Crippen molar-refractivity contribution in [2.45, 2.75) is 0 Å². The molecule has 0 bridgehead atoms. The van der Waals surface area contributed by atoms with Gasteiger partial charge in [-0.3, -0.25) is 0 Å². The number of carbonyl (C=O) groups excluding carboxylic acids is 2. The first-order valence-corrected chi connectivity index (χ1v) is 10.0. The van der Waals surface area contributed by atoms with Crippen LogP contribution in [0.3, 0.4) is 0 Å². The molecular weight excluding hydrogens is 402 g/mol. The molecule has 3 aromatic carbocycles. The Kier molecular flexibility index (Phi) is 6.48. The molecule has 0 unspecified atom stereocenters. The smallest absolute Gasteiger partial charge is 0.343 e. The van der Waals surface area contributed by atoms with Crippen LogP contribution in [0.5, 0.6) is 11.5 Å². The molecule has 0 aliphatic carbocycles. The molecule has 5 heteroatoms. The van der Waals surface area contributed by atoms with Crippen molar-refractivity contribution in [3.8, 4) is 11.5 Å². The fourth-order valence-corrected chi connectivity index (χ4v) is 2.96. The highest BCUT2D eigenvalue weighted by Gasteiger charge is 2.14. The van der Waals surface area contributed by atoms with Crippen molar-refractivity contribution in [1.29, 1.82) is 0 Å². The van der Waals surface area contributed by atoms with Crippen LogP contribution in [0.15, 0.2) is 109 Å². The molecule has 0 aliphatic heterocycles. The summed E-state index contributed by atoms with van der Waals surface area (Å²) in [5.74, 6) is -0.433. The molecule has 0 amide bonds. The van der Waals surface area contributed by atoms with Gasteiger partial charge in [0.1, 0.15) is 11.5 Å². The van der Waals surface area contributed by atoms with Crippen molar-refractivity contribution in [2.75, 3.05) is 0 Å². The molecule has 1 heterocycles. The number of pyridine rings is 1. The average Bonchev–Trinajstić information content (AvgIpc) is 2.85. The summed E-state index contributed by atoms with van der Waals surface area (Å²) in [4.78, 5) is 25.1. The first-order valence-electron chi connectivity index (χ1n) is 10.0. The van der Waals surface area contributed by atoms with Gasteiger partial charge in [0, 0.05) is 29.8 Å². The minimum absolute atomic E-state index is 0.277. The SMILES string of the molecule is O=C(Oc1ccc(/C=C\[n+]2ccccc2)c(OC(=O)c2ccccc2)c1)c1ccccc1. The Bertz CT molecular complexity index is 1240. The summed E-state index contributed by atoms with van der Waals surface area (Å²) in [6.07, 6.45) is 7.44. The topological polar surface area (TPSA) is 56.5 Å². The second-order valence-corrected chi connectivity index (χ2v) is 6.85. The maximum absolute atomic E-state index is 12.6. The molecule has 0 fully saturated rings. The van der Waals surface area contributed by atoms with Crippen molar-refractivity contribution in [1.82, 2.24) is 0 Å². The van der Waals surface area contributed by atoms with E-state index < -0.39 is 11.9 Å². The van der Waals surface area contributed by atoms with Gasteiger partial charge in [-0.2, -0.15) is 4.57 Å². The van der Waals surface area contributed by atoms with Crippen molar-refractivity contribution in [3.05, 3.63) is 126 Å². The molecule has 32 heavy (non-hydrogen) atoms. The van der Waals surface area contributed by atoms with E-state index in [0.29, 0.717) is 16.7 Å². The van der Waals surface area contributed by atoms with Gasteiger partial charge in [-0.05, 0) is 36.4 Å². The quantitative estimate of drug-likeness (QED) is 0.248. The molecule has 4 aromatic rings. The first kappa shape index (κ1) is 20.8. The normalized spacial score (nSPS) is 10.6. The Morgan fingerprint density at radius 2 is 1.22 bits per heavy atom. The van der Waals surface area contributed by atoms with Gasteiger partial charge in [0.05, 0.1) is 11.1 Å². The monoisotopic (exact) mass is 422 g/mol. The molecule has 156 valence electrons. The van der Waals surface area contributed by atoms with Crippen LogP contribution in [0.2, 0.25) is 0 Å². The van der Waals surface area contributed by atoms with Crippen LogP contribution in [0.1, 0.15) is 26.3 Å². The lowest BCUT2D eigenvalue weighted by molar-refractivity contribution is -0.567. The summed E-state index contributed by atoms with van der Waals surface area (Å²) < 4.78 is 13.0. The largest absolute Gasteiger partial charge is 0.423 e. The van der Waals surface area contributed by atoms with Crippen molar-refractivity contribution in [2.24, 2.45) is 0 Å². The van der Waals surface area contributed by atoms with Crippen LogP contribution in [0, 0.1) is 0 Å². The predicted octanol–water partition coefficient (Wildman–Crippen LogP) is 5.04. The Labute approximate surface area is 185 Å². The number of rotatable bonds is 6. The minimum Gasteiger partial charge on any atom is -0.423 e. The second kappa shape index (κ2) is 10.00. The van der Waals surface area contributed by atoms with Gasteiger partial charge in [0.25, 0.3) is 0 Å². The zero-order valence-electron chi connectivity index (χ0n) is 17.1. The lowest BCUT2D eigenvalue weighted by atomic mass is 10.1. The summed E-state index contributed by atoms with van der Waals surface area (Å²) in [5, 5.41) is 0. The van der Waals surface area contributed by atoms with Crippen molar-refractivity contribution < 1.29 is 23.6 Å². The molecule has 0 aliphatic rings. The van der Waals surface area contributed by atoms with Crippen LogP contribution in [-0.4, -0.2) is 11.9 Å². The highest BCUT2D eigenvalue weighted by molar-refractivity contribution is 5.92. The minimum atomic E-state index is -0.501. The Morgan fingerprint density at radius 1 is 0.656 bits per heavy atom. The molecule has 0 spiro atoms. The van der Waals surface area contributed by atoms with Crippen LogP contribution < -0.4 is 14.0 Å². The van der Waals surface area contributed by atoms with Crippen LogP contribution in [0.25, 0.3) is 12.3 Å². The number of carbonyl (C=O) groups is 2. The van der Waals surface area contributed by atoms with Crippen molar-refractivity contribution in [3.63, 3.8) is 0 Å². The standard InChI is InChI=1S/C27H20NO4/c29-26(22-10-4-1-5-11-22)31-24-15-14-21(16-19-28-17-8-3-9-18-28)25(20-24)32-27(30)23-12-6-2-7-13-23/h1-20H/q+1/b19-16-. The maximum Gasteiger partial charge on any atom is 0.343 e. The number of benzene rings is 3. The highest BCUT2D eigenvalue weighted by atomic mass is 16.5. The van der Waals surface area contributed by atoms with E-state index in [9.17, 15) is 9.59 Å². The first-order chi connectivity index (χ1) is 15.7. The molecular formula is C27H20NO4+. The zero-order chi connectivity index (χ0) is 22.2. The van der Waals surface area contributed by atoms with Crippen LogP contribution in [-0.2, 0) is 0 Å². The van der Waals surface area contributed by atoms with Gasteiger partial charge in [0.2, 0.25) is 0 Å². The molecule has 0 atom stereocenters. The summed E-state index contributed by atoms with van der Waals surface area (Å²) in [6, 6.07) is 28.1. The van der Waals surface area contributed by atoms with Gasteiger partial charge in [0.15, 0.2) is 18.6 Å². The molecule has 4 rings (SSSR count). The summed E-state index contributed by atoms with van der Waals surface area (Å²) >= 11 is 0. The lowest BCUT2D eigenvalue weighted by Gasteiger charge is -2.10. The van der Waals surface area contributed by atoms with Gasteiger partial charge in [-0.1, -0.05) is 42.5 Å². The predicted molar refractivity (Wildman–Crippen MR) is 121 cm³/mol. The summed E-state index contributed by atoms with van der Waals surface area (Å²) in [6.45, 7) is 0. The van der Waals surface area contributed by atoms with Gasteiger partial charge in [-0.15, -0.1) is 0 Å². The zero-order valence-corrected chi connectivity index (χ0v) is 17.1. The number of hydrogen-bond acceptors (Lipinski definition) is 4. The van der Waals surface area contributed by atoms with E-state index in [1.54, 1.807) is 60.7 Å². The average molecular weight is 422 g/mol. The number of aromatic nitrogens is 1. The molecule has 0 radical (unpaired) electrons. The van der Waals surface area contributed by atoms with E-state index in [1.807, 2.05) is 59.6 Å².